The molecule has 2 N–H and O–H groups in total. The molecule has 123 valence electrons. The van der Waals surface area contributed by atoms with E-state index in [1.165, 1.54) is 6.07 Å². The van der Waals surface area contributed by atoms with E-state index in [9.17, 15) is 9.18 Å². The molecule has 1 radical (unpaired) electrons. The third kappa shape index (κ3) is 2.78. The number of hydrogen-bond donors (Lipinski definition) is 1. The van der Waals surface area contributed by atoms with Gasteiger partial charge in [-0.3, -0.25) is 4.79 Å². The van der Waals surface area contributed by atoms with Crippen molar-refractivity contribution < 1.29 is 9.18 Å². The van der Waals surface area contributed by atoms with Crippen LogP contribution in [0.15, 0.2) is 54.6 Å². The van der Waals surface area contributed by atoms with Gasteiger partial charge in [0.15, 0.2) is 0 Å². The first-order chi connectivity index (χ1) is 12.0. The molecule has 3 nitrogen and oxygen atoms in total. The molecule has 0 atom stereocenters. The van der Waals surface area contributed by atoms with Crippen molar-refractivity contribution in [3.63, 3.8) is 0 Å². The van der Waals surface area contributed by atoms with Crippen LogP contribution in [0.25, 0.3) is 21.8 Å². The van der Waals surface area contributed by atoms with Crippen LogP contribution in [0.1, 0.15) is 15.9 Å². The number of amides is 1. The Morgan fingerprint density at radius 1 is 1.12 bits per heavy atom. The summed E-state index contributed by atoms with van der Waals surface area (Å²) < 4.78 is 17.0. The fraction of sp³-hybridized carbons (Fsp3) is 0.0500. The van der Waals surface area contributed by atoms with Crippen LogP contribution in [0.3, 0.4) is 0 Å². The van der Waals surface area contributed by atoms with Crippen molar-refractivity contribution in [3.05, 3.63) is 81.2 Å². The normalized spacial score (nSPS) is 11.3. The van der Waals surface area contributed by atoms with Gasteiger partial charge in [-0.25, -0.2) is 4.39 Å². The SMILES string of the molecule is NC(=O)c1cccc2c1c1[c]c(F)ccc1n2Cc1cccc(I)c1. The summed E-state index contributed by atoms with van der Waals surface area (Å²) in [4.78, 5) is 11.9. The minimum Gasteiger partial charge on any atom is -0.366 e. The van der Waals surface area contributed by atoms with Crippen molar-refractivity contribution in [1.82, 2.24) is 4.57 Å². The molecule has 1 aromatic heterocycles. The zero-order chi connectivity index (χ0) is 17.6. The van der Waals surface area contributed by atoms with Crippen molar-refractivity contribution in [2.45, 2.75) is 6.54 Å². The fourth-order valence-corrected chi connectivity index (χ4v) is 3.83. The van der Waals surface area contributed by atoms with Crippen LogP contribution < -0.4 is 5.73 Å². The predicted octanol–water partition coefficient (Wildman–Crippen LogP) is 4.49. The lowest BCUT2D eigenvalue weighted by molar-refractivity contribution is 0.100. The molecule has 0 fully saturated rings. The minimum atomic E-state index is -0.531. The summed E-state index contributed by atoms with van der Waals surface area (Å²) in [5.74, 6) is -0.989. The van der Waals surface area contributed by atoms with Gasteiger partial charge in [-0.15, -0.1) is 0 Å². The van der Waals surface area contributed by atoms with E-state index in [0.717, 1.165) is 20.2 Å². The van der Waals surface area contributed by atoms with Crippen LogP contribution in [0.5, 0.6) is 0 Å². The number of rotatable bonds is 3. The van der Waals surface area contributed by atoms with Gasteiger partial charge in [0.1, 0.15) is 5.82 Å². The molecule has 0 saturated carbocycles. The first kappa shape index (κ1) is 16.1. The number of aromatic nitrogens is 1. The highest BCUT2D eigenvalue weighted by atomic mass is 127. The number of primary amides is 1. The number of carbonyl (C=O) groups is 1. The van der Waals surface area contributed by atoms with Gasteiger partial charge in [0, 0.05) is 32.5 Å². The van der Waals surface area contributed by atoms with Gasteiger partial charge in [0.2, 0.25) is 5.91 Å². The molecule has 0 aliphatic carbocycles. The van der Waals surface area contributed by atoms with Gasteiger partial charge >= 0.3 is 0 Å². The van der Waals surface area contributed by atoms with Crippen molar-refractivity contribution >= 4 is 50.3 Å². The maximum Gasteiger partial charge on any atom is 0.249 e. The Hall–Kier alpha value is -2.41. The van der Waals surface area contributed by atoms with Crippen LogP contribution in [0, 0.1) is 15.5 Å². The summed E-state index contributed by atoms with van der Waals surface area (Å²) in [6.45, 7) is 0.610. The second-order valence-corrected chi connectivity index (χ2v) is 7.09. The topological polar surface area (TPSA) is 48.0 Å². The lowest BCUT2D eigenvalue weighted by Gasteiger charge is -2.08. The molecule has 0 bridgehead atoms. The molecule has 0 spiro atoms. The largest absolute Gasteiger partial charge is 0.366 e. The summed E-state index contributed by atoms with van der Waals surface area (Å²) >= 11 is 2.27. The standard InChI is InChI=1S/C20H13FIN2O/c21-13-7-8-17-16(10-13)19-15(20(23)25)5-2-6-18(19)24(17)11-12-3-1-4-14(22)9-12/h1-9H,11H2,(H2,23,25). The lowest BCUT2D eigenvalue weighted by atomic mass is 10.1. The number of hydrogen-bond acceptors (Lipinski definition) is 1. The molecule has 1 amide bonds. The first-order valence-electron chi connectivity index (χ1n) is 7.71. The maximum absolute atomic E-state index is 13.8. The summed E-state index contributed by atoms with van der Waals surface area (Å²) in [5.41, 5.74) is 8.70. The lowest BCUT2D eigenvalue weighted by Crippen LogP contribution is -2.11. The van der Waals surface area contributed by atoms with Crippen molar-refractivity contribution in [3.8, 4) is 0 Å². The van der Waals surface area contributed by atoms with E-state index < -0.39 is 11.7 Å². The van der Waals surface area contributed by atoms with E-state index >= 15 is 0 Å². The van der Waals surface area contributed by atoms with Gasteiger partial charge in [-0.1, -0.05) is 18.2 Å². The average molecular weight is 443 g/mol. The van der Waals surface area contributed by atoms with Crippen molar-refractivity contribution in [2.24, 2.45) is 5.73 Å². The highest BCUT2D eigenvalue weighted by molar-refractivity contribution is 14.1. The van der Waals surface area contributed by atoms with E-state index in [-0.39, 0.29) is 0 Å². The third-order valence-electron chi connectivity index (χ3n) is 4.26. The Kier molecular flexibility index (Phi) is 3.95. The Balaban J connectivity index is 2.05. The molecule has 4 aromatic rings. The number of carbonyl (C=O) groups excluding carboxylic acids is 1. The van der Waals surface area contributed by atoms with Gasteiger partial charge in [0.05, 0.1) is 11.0 Å². The summed E-state index contributed by atoms with van der Waals surface area (Å²) in [5, 5.41) is 1.23. The van der Waals surface area contributed by atoms with Crippen molar-refractivity contribution in [1.29, 1.82) is 0 Å². The summed E-state index contributed by atoms with van der Waals surface area (Å²) in [6.07, 6.45) is 0. The van der Waals surface area contributed by atoms with Crippen LogP contribution in [0.2, 0.25) is 0 Å². The third-order valence-corrected chi connectivity index (χ3v) is 4.93. The predicted molar refractivity (Wildman–Crippen MR) is 105 cm³/mol. The van der Waals surface area contributed by atoms with Crippen LogP contribution in [-0.4, -0.2) is 10.5 Å². The van der Waals surface area contributed by atoms with Gasteiger partial charge in [0.25, 0.3) is 0 Å². The molecule has 1 heterocycles. The number of nitrogens with two attached hydrogens (primary N) is 1. The number of nitrogens with zero attached hydrogens (tertiary/aromatic N) is 1. The molecule has 0 aliphatic rings. The summed E-state index contributed by atoms with van der Waals surface area (Å²) in [6, 6.07) is 19.4. The molecular weight excluding hydrogens is 430 g/mol. The Labute approximate surface area is 157 Å². The number of benzene rings is 3. The monoisotopic (exact) mass is 443 g/mol. The van der Waals surface area contributed by atoms with E-state index in [1.54, 1.807) is 18.2 Å². The molecule has 25 heavy (non-hydrogen) atoms. The van der Waals surface area contributed by atoms with E-state index in [4.69, 9.17) is 5.73 Å². The maximum atomic E-state index is 13.8. The number of fused-ring (bicyclic) bond motifs is 3. The van der Waals surface area contributed by atoms with Crippen LogP contribution >= 0.6 is 22.6 Å². The molecular formula is C20H13FIN2O. The second kappa shape index (κ2) is 6.15. The Bertz CT molecular complexity index is 1130. The smallest absolute Gasteiger partial charge is 0.249 e. The molecule has 0 unspecified atom stereocenters. The van der Waals surface area contributed by atoms with E-state index in [1.807, 2.05) is 24.3 Å². The van der Waals surface area contributed by atoms with Gasteiger partial charge in [-0.05, 0) is 64.6 Å². The summed E-state index contributed by atoms with van der Waals surface area (Å²) in [7, 11) is 0. The van der Waals surface area contributed by atoms with Gasteiger partial charge in [-0.2, -0.15) is 0 Å². The Morgan fingerprint density at radius 2 is 1.92 bits per heavy atom. The molecule has 5 heteroatoms. The molecule has 3 aromatic carbocycles. The highest BCUT2D eigenvalue weighted by Crippen LogP contribution is 2.32. The minimum absolute atomic E-state index is 0.380. The van der Waals surface area contributed by atoms with Gasteiger partial charge < -0.3 is 10.3 Å². The van der Waals surface area contributed by atoms with Crippen molar-refractivity contribution in [2.75, 3.05) is 0 Å². The number of halogens is 2. The van der Waals surface area contributed by atoms with E-state index in [0.29, 0.717) is 22.9 Å². The van der Waals surface area contributed by atoms with Crippen LogP contribution in [0.4, 0.5) is 4.39 Å². The second-order valence-electron chi connectivity index (χ2n) is 5.85. The van der Waals surface area contributed by atoms with Crippen LogP contribution in [-0.2, 0) is 6.54 Å². The van der Waals surface area contributed by atoms with E-state index in [2.05, 4.69) is 39.3 Å². The highest BCUT2D eigenvalue weighted by Gasteiger charge is 2.17. The molecule has 4 rings (SSSR count). The molecule has 0 aliphatic heterocycles. The fourth-order valence-electron chi connectivity index (χ4n) is 3.23. The molecule has 0 saturated heterocycles. The quantitative estimate of drug-likeness (QED) is 0.467. The Morgan fingerprint density at radius 3 is 2.68 bits per heavy atom. The average Bonchev–Trinajstić information content (AvgIpc) is 2.88. The zero-order valence-electron chi connectivity index (χ0n) is 13.1. The first-order valence-corrected chi connectivity index (χ1v) is 8.79. The zero-order valence-corrected chi connectivity index (χ0v) is 15.2.